The van der Waals surface area contributed by atoms with Gasteiger partial charge >= 0.3 is 0 Å². The third-order valence-corrected chi connectivity index (χ3v) is 23.6. The maximum atomic E-state index is 8.95. The summed E-state index contributed by atoms with van der Waals surface area (Å²) in [5.74, 6) is 2.42. The number of furan rings is 2. The fourth-order valence-electron chi connectivity index (χ4n) is 9.59. The van der Waals surface area contributed by atoms with Crippen molar-refractivity contribution in [1.82, 2.24) is 9.13 Å². The first-order valence-corrected chi connectivity index (χ1v) is 38.8. The minimum atomic E-state index is 0.424. The third kappa shape index (κ3) is 23.9. The Morgan fingerprint density at radius 3 is 1.49 bits per heavy atom. The predicted octanol–water partition coefficient (Wildman–Crippen LogP) is 28.7. The van der Waals surface area contributed by atoms with Gasteiger partial charge < -0.3 is 23.1 Å². The molecule has 0 amide bonds. The molecule has 0 aliphatic heterocycles. The molecule has 1 fully saturated rings. The van der Waals surface area contributed by atoms with Crippen LogP contribution in [0, 0.1) is 111 Å². The van der Waals surface area contributed by atoms with Gasteiger partial charge in [0.1, 0.15) is 28.4 Å². The maximum Gasteiger partial charge on any atom is 0.134 e. The number of hydrogen-bond acceptors (Lipinski definition) is 10. The summed E-state index contributed by atoms with van der Waals surface area (Å²) in [5, 5.41) is 28.6. The molecule has 0 radical (unpaired) electrons. The Balaban J connectivity index is 0.000000151. The highest BCUT2D eigenvalue weighted by molar-refractivity contribution is 7.19. The third-order valence-electron chi connectivity index (χ3n) is 16.3. The fraction of sp³-hybridized carbons (Fsp3) is 0.238. The summed E-state index contributed by atoms with van der Waals surface area (Å²) in [5.41, 5.74) is 13.9. The molecular formula is C84H93ClN2O3S7. The van der Waals surface area contributed by atoms with E-state index in [1.165, 1.54) is 123 Å². The van der Waals surface area contributed by atoms with E-state index in [2.05, 4.69) is 241 Å². The molecule has 1 saturated carbocycles. The van der Waals surface area contributed by atoms with Crippen molar-refractivity contribution in [2.45, 2.75) is 130 Å². The van der Waals surface area contributed by atoms with Crippen LogP contribution in [-0.2, 0) is 7.05 Å². The van der Waals surface area contributed by atoms with Gasteiger partial charge in [-0.1, -0.05) is 109 Å². The van der Waals surface area contributed by atoms with Gasteiger partial charge in [0.05, 0.1) is 5.02 Å². The molecule has 16 aromatic rings. The Bertz CT molecular complexity index is 4440. The molecule has 97 heavy (non-hydrogen) atoms. The van der Waals surface area contributed by atoms with Crippen LogP contribution >= 0.6 is 91.0 Å². The van der Waals surface area contributed by atoms with Gasteiger partial charge in [-0.3, -0.25) is 0 Å². The van der Waals surface area contributed by atoms with Crippen LogP contribution in [0.3, 0.4) is 0 Å². The van der Waals surface area contributed by atoms with E-state index in [1.54, 1.807) is 62.1 Å². The first-order valence-electron chi connectivity index (χ1n) is 32.4. The Hall–Kier alpha value is -7.49. The minimum Gasteiger partial charge on any atom is -0.507 e. The molecular weight excluding hydrogens is 1340 g/mol. The van der Waals surface area contributed by atoms with Crippen LogP contribution in [0.15, 0.2) is 223 Å². The number of hydrogen-bond donors (Lipinski definition) is 1. The first kappa shape index (κ1) is 76.9. The van der Waals surface area contributed by atoms with Crippen molar-refractivity contribution in [3.05, 3.63) is 305 Å². The van der Waals surface area contributed by atoms with Crippen LogP contribution in [0.1, 0.15) is 104 Å². The molecule has 0 saturated heterocycles. The summed E-state index contributed by atoms with van der Waals surface area (Å²) in [4.78, 5) is 8.03. The lowest BCUT2D eigenvalue weighted by molar-refractivity contribution is 0.473. The molecule has 13 heteroatoms. The highest BCUT2D eigenvalue weighted by atomic mass is 35.5. The number of nitrogens with zero attached hydrogens (tertiary/aromatic N) is 2. The van der Waals surface area contributed by atoms with Crippen LogP contribution < -0.4 is 0 Å². The summed E-state index contributed by atoms with van der Waals surface area (Å²) in [6.45, 7) is 33.4. The van der Waals surface area contributed by atoms with Gasteiger partial charge in [-0.25, -0.2) is 0 Å². The van der Waals surface area contributed by atoms with E-state index >= 15 is 0 Å². The second-order valence-corrected chi connectivity index (χ2v) is 32.0. The van der Waals surface area contributed by atoms with E-state index in [-0.39, 0.29) is 0 Å². The molecule has 1 aliphatic carbocycles. The molecule has 1 aliphatic rings. The van der Waals surface area contributed by atoms with Gasteiger partial charge in [-0.2, -0.15) is 11.3 Å². The molecule has 5 nitrogen and oxygen atoms in total. The summed E-state index contributed by atoms with van der Waals surface area (Å²) in [7, 11) is 2.09. The van der Waals surface area contributed by atoms with Crippen LogP contribution in [0.2, 0.25) is 5.02 Å². The Morgan fingerprint density at radius 2 is 1.04 bits per heavy atom. The van der Waals surface area contributed by atoms with Gasteiger partial charge in [-0.05, 0) is 273 Å². The zero-order chi connectivity index (χ0) is 70.1. The summed E-state index contributed by atoms with van der Waals surface area (Å²) in [6.07, 6.45) is 4.94. The minimum absolute atomic E-state index is 0.424. The molecule has 5 aromatic carbocycles. The highest BCUT2D eigenvalue weighted by Gasteiger charge is 2.23. The summed E-state index contributed by atoms with van der Waals surface area (Å²) >= 11 is 18.0. The van der Waals surface area contributed by atoms with Crippen LogP contribution in [0.4, 0.5) is 0 Å². The lowest BCUT2D eigenvalue weighted by atomic mass is 10.2. The molecule has 0 bridgehead atoms. The molecule has 0 atom stereocenters. The maximum absolute atomic E-state index is 8.95. The molecule has 1 N–H and O–H groups in total. The quantitative estimate of drug-likeness (QED) is 0.178. The molecule has 17 rings (SSSR count). The number of rotatable bonds is 1. The van der Waals surface area contributed by atoms with Crippen molar-refractivity contribution in [3.63, 3.8) is 0 Å². The van der Waals surface area contributed by atoms with Crippen molar-refractivity contribution < 1.29 is 13.9 Å². The van der Waals surface area contributed by atoms with Crippen LogP contribution in [-0.4, -0.2) is 14.2 Å². The van der Waals surface area contributed by atoms with E-state index in [1.807, 2.05) is 117 Å². The van der Waals surface area contributed by atoms with E-state index in [9.17, 15) is 0 Å². The second-order valence-electron chi connectivity index (χ2n) is 23.8. The largest absolute Gasteiger partial charge is 0.507 e. The molecule has 11 heterocycles. The Labute approximate surface area is 609 Å². The number of halogens is 1. The molecule has 0 spiro atoms. The number of benzene rings is 5. The van der Waals surface area contributed by atoms with Gasteiger partial charge in [-0.15, -0.1) is 68.0 Å². The summed E-state index contributed by atoms with van der Waals surface area (Å²) in [6, 6.07) is 61.4. The van der Waals surface area contributed by atoms with E-state index < -0.39 is 0 Å². The zero-order valence-corrected chi connectivity index (χ0v) is 65.6. The van der Waals surface area contributed by atoms with E-state index in [4.69, 9.17) is 25.5 Å². The normalized spacial score (nSPS) is 10.9. The van der Waals surface area contributed by atoms with Crippen molar-refractivity contribution in [2.75, 3.05) is 0 Å². The smallest absolute Gasteiger partial charge is 0.134 e. The predicted molar refractivity (Wildman–Crippen MR) is 436 cm³/mol. The lowest BCUT2D eigenvalue weighted by Gasteiger charge is -2.00. The Kier molecular flexibility index (Phi) is 30.6. The number of aromatic nitrogens is 2. The van der Waals surface area contributed by atoms with Gasteiger partial charge in [0.2, 0.25) is 0 Å². The molecule has 0 unspecified atom stereocenters. The van der Waals surface area contributed by atoms with Crippen molar-refractivity contribution in [1.29, 1.82) is 0 Å². The van der Waals surface area contributed by atoms with Gasteiger partial charge in [0.25, 0.3) is 0 Å². The van der Waals surface area contributed by atoms with Crippen molar-refractivity contribution in [2.24, 2.45) is 7.05 Å². The standard InChI is InChI=1S/C10H11N.C10H10O.C10H10S.C9H8O.C9H8S.C8H11N.C6H8OS.2C6H8S.C5H5ClS.C5H6S/c1-8-7-9-5-3-4-6-10(9)11(8)2;2*1-7-8(2)11-10-6-4-3-5-9(7)10;2*1-7-6-8-4-2-3-5-9(8)10-7;1-7-3-2-6-9(7)8-4-5-8;1-4-5(2)8-3-6(4)7;1-5-3-7-4-6(5)2;1-5-3-4-7-6(5)2;1-4-5(6)2-3-7-4;1-5-3-2-4-6-5/h3-7H,1-2H3;2*3-6H,1-2H3;2*2-6H,1H3;2-3,6,8H,4-5H2,1H3;3,7H,1-2H3;2*3-4H,1-2H3;2-3H,1H3;2-4H,1H3. The van der Waals surface area contributed by atoms with Gasteiger partial charge in [0, 0.05) is 96.6 Å². The number of fused-ring (bicyclic) bond motifs is 5. The number of para-hydroxylation sites is 3. The molecule has 506 valence electrons. The van der Waals surface area contributed by atoms with Crippen LogP contribution in [0.25, 0.3) is 53.0 Å². The number of aromatic hydroxyl groups is 1. The van der Waals surface area contributed by atoms with Crippen molar-refractivity contribution >= 4 is 144 Å². The average Bonchev–Trinajstić information content (AvgIpc) is 1.70. The fourth-order valence-corrected chi connectivity index (χ4v) is 15.3. The second kappa shape index (κ2) is 38.6. The van der Waals surface area contributed by atoms with E-state index in [0.29, 0.717) is 5.75 Å². The number of aryl methyl sites for hydroxylation is 16. The lowest BCUT2D eigenvalue weighted by Crippen LogP contribution is -1.92. The van der Waals surface area contributed by atoms with E-state index in [0.717, 1.165) is 39.3 Å². The highest BCUT2D eigenvalue weighted by Crippen LogP contribution is 2.36. The SMILES string of the molecule is Cc1cc2ccccc2n1C.Cc1cc2ccccc2o1.Cc1cc2ccccc2s1.Cc1cccn1C1CC1.Cc1cccs1.Cc1ccsc1C.Cc1cscc1C.Cc1oc2ccccc2c1C.Cc1sc2ccccc2c1C.Cc1scc(O)c1C.Cc1sccc1Cl. The first-order chi connectivity index (χ1) is 46.5. The molecule has 11 aromatic heterocycles. The van der Waals surface area contributed by atoms with Crippen LogP contribution in [0.5, 0.6) is 5.75 Å². The van der Waals surface area contributed by atoms with Crippen molar-refractivity contribution in [3.8, 4) is 5.75 Å². The summed E-state index contributed by atoms with van der Waals surface area (Å²) < 4.78 is 18.2. The zero-order valence-electron chi connectivity index (χ0n) is 59.2. The monoisotopic (exact) mass is 1440 g/mol. The number of thiophene rings is 7. The van der Waals surface area contributed by atoms with Gasteiger partial charge in [0.15, 0.2) is 0 Å². The topological polar surface area (TPSA) is 56.4 Å². The Morgan fingerprint density at radius 1 is 0.433 bits per heavy atom. The average molecular weight is 1440 g/mol.